The van der Waals surface area contributed by atoms with Crippen LogP contribution in [0.2, 0.25) is 0 Å². The van der Waals surface area contributed by atoms with Gasteiger partial charge in [-0.15, -0.1) is 0 Å². The lowest BCUT2D eigenvalue weighted by Gasteiger charge is -2.27. The van der Waals surface area contributed by atoms with Crippen molar-refractivity contribution in [1.82, 2.24) is 0 Å². The fraction of sp³-hybridized carbons (Fsp3) is 0.0870. The molecule has 1 atom stereocenters. The first-order valence-electron chi connectivity index (χ1n) is 8.82. The van der Waals surface area contributed by atoms with Gasteiger partial charge in [0.15, 0.2) is 5.76 Å². The molecule has 0 unspecified atom stereocenters. The highest BCUT2D eigenvalue weighted by molar-refractivity contribution is 6.15. The quantitative estimate of drug-likeness (QED) is 0.706. The number of methoxy groups -OCH3 is 1. The summed E-state index contributed by atoms with van der Waals surface area (Å²) < 4.78 is 18.7. The summed E-state index contributed by atoms with van der Waals surface area (Å²) in [6, 6.07) is 21.6. The molecule has 0 aromatic heterocycles. The van der Waals surface area contributed by atoms with Crippen LogP contribution < -0.4 is 9.64 Å². The third-order valence-electron chi connectivity index (χ3n) is 4.83. The van der Waals surface area contributed by atoms with E-state index in [0.717, 1.165) is 5.56 Å². The lowest BCUT2D eigenvalue weighted by atomic mass is 9.93. The van der Waals surface area contributed by atoms with Crippen LogP contribution in [0.5, 0.6) is 5.75 Å². The predicted molar refractivity (Wildman–Crippen MR) is 106 cm³/mol. The Morgan fingerprint density at radius 2 is 1.57 bits per heavy atom. The zero-order valence-electron chi connectivity index (χ0n) is 15.2. The van der Waals surface area contributed by atoms with Crippen molar-refractivity contribution in [2.24, 2.45) is 0 Å². The van der Waals surface area contributed by atoms with E-state index < -0.39 is 11.9 Å². The Kier molecular flexibility index (Phi) is 4.57. The monoisotopic (exact) mass is 375 g/mol. The van der Waals surface area contributed by atoms with Crippen LogP contribution in [0.15, 0.2) is 84.6 Å². The van der Waals surface area contributed by atoms with Gasteiger partial charge in [-0.2, -0.15) is 0 Å². The molecule has 4 rings (SSSR count). The lowest BCUT2D eigenvalue weighted by Crippen LogP contribution is -2.30. The fourth-order valence-corrected chi connectivity index (χ4v) is 3.49. The number of hydrogen-bond donors (Lipinski definition) is 1. The van der Waals surface area contributed by atoms with Gasteiger partial charge in [-0.05, 0) is 47.5 Å². The van der Waals surface area contributed by atoms with Crippen molar-refractivity contribution >= 4 is 17.2 Å². The first-order chi connectivity index (χ1) is 13.6. The molecule has 0 saturated heterocycles. The van der Waals surface area contributed by atoms with E-state index in [4.69, 9.17) is 4.74 Å². The van der Waals surface area contributed by atoms with Gasteiger partial charge >= 0.3 is 0 Å². The van der Waals surface area contributed by atoms with Gasteiger partial charge in [-0.25, -0.2) is 4.39 Å². The van der Waals surface area contributed by atoms with E-state index in [1.165, 1.54) is 17.0 Å². The van der Waals surface area contributed by atoms with Crippen molar-refractivity contribution in [3.63, 3.8) is 0 Å². The van der Waals surface area contributed by atoms with E-state index >= 15 is 0 Å². The van der Waals surface area contributed by atoms with E-state index in [9.17, 15) is 14.3 Å². The molecule has 1 amide bonds. The van der Waals surface area contributed by atoms with E-state index in [0.29, 0.717) is 22.6 Å². The standard InChI is InChI=1S/C23H18FNO3/c1-28-19-13-11-18(12-14-19)25-21(16-7-9-17(24)10-8-16)20(22(26)23(25)27)15-5-3-2-4-6-15/h2-14,21,26H,1H3/t21-/m0/s1. The molecule has 1 aliphatic rings. The van der Waals surface area contributed by atoms with Gasteiger partial charge in [0, 0.05) is 11.3 Å². The first kappa shape index (κ1) is 17.8. The van der Waals surface area contributed by atoms with Gasteiger partial charge in [-0.1, -0.05) is 42.5 Å². The Bertz CT molecular complexity index is 1030. The van der Waals surface area contributed by atoms with Crippen molar-refractivity contribution < 1.29 is 19.0 Å². The van der Waals surface area contributed by atoms with Crippen LogP contribution in [0.4, 0.5) is 10.1 Å². The highest BCUT2D eigenvalue weighted by Crippen LogP contribution is 2.45. The zero-order chi connectivity index (χ0) is 19.7. The number of anilines is 1. The van der Waals surface area contributed by atoms with Crippen molar-refractivity contribution in [2.45, 2.75) is 6.04 Å². The molecule has 3 aromatic rings. The average molecular weight is 375 g/mol. The minimum absolute atomic E-state index is 0.309. The number of aliphatic hydroxyl groups excluding tert-OH is 1. The van der Waals surface area contributed by atoms with Crippen LogP contribution in [0, 0.1) is 5.82 Å². The SMILES string of the molecule is COc1ccc(N2C(=O)C(O)=C(c3ccccc3)[C@@H]2c2ccc(F)cc2)cc1. The summed E-state index contributed by atoms with van der Waals surface area (Å²) in [6.07, 6.45) is 0. The number of halogens is 1. The minimum Gasteiger partial charge on any atom is -0.503 e. The van der Waals surface area contributed by atoms with Gasteiger partial charge in [0.2, 0.25) is 0 Å². The average Bonchev–Trinajstić information content (AvgIpc) is 3.00. The van der Waals surface area contributed by atoms with Gasteiger partial charge in [0.25, 0.3) is 5.91 Å². The second-order valence-corrected chi connectivity index (χ2v) is 6.46. The number of carbonyl (C=O) groups is 1. The Hall–Kier alpha value is -3.60. The van der Waals surface area contributed by atoms with Crippen LogP contribution in [0.25, 0.3) is 5.57 Å². The minimum atomic E-state index is -0.580. The molecule has 4 nitrogen and oxygen atoms in total. The molecule has 1 N–H and O–H groups in total. The Morgan fingerprint density at radius 3 is 2.18 bits per heavy atom. The third kappa shape index (κ3) is 3.01. The topological polar surface area (TPSA) is 49.8 Å². The smallest absolute Gasteiger partial charge is 0.294 e. The zero-order valence-corrected chi connectivity index (χ0v) is 15.2. The molecular weight excluding hydrogens is 357 g/mol. The number of rotatable bonds is 4. The summed E-state index contributed by atoms with van der Waals surface area (Å²) >= 11 is 0. The molecule has 5 heteroatoms. The number of aliphatic hydroxyl groups is 1. The summed E-state index contributed by atoms with van der Waals surface area (Å²) in [5.74, 6) is -0.512. The molecule has 1 aliphatic heterocycles. The molecule has 0 aliphatic carbocycles. The normalized spacial score (nSPS) is 16.6. The van der Waals surface area contributed by atoms with Gasteiger partial charge in [0.1, 0.15) is 11.6 Å². The number of nitrogens with zero attached hydrogens (tertiary/aromatic N) is 1. The second kappa shape index (κ2) is 7.19. The molecule has 3 aromatic carbocycles. The predicted octanol–water partition coefficient (Wildman–Crippen LogP) is 4.89. The number of ether oxygens (including phenoxy) is 1. The molecule has 28 heavy (non-hydrogen) atoms. The number of carbonyl (C=O) groups excluding carboxylic acids is 1. The summed E-state index contributed by atoms with van der Waals surface area (Å²) in [4.78, 5) is 14.5. The van der Waals surface area contributed by atoms with Crippen molar-refractivity contribution in [3.8, 4) is 5.75 Å². The molecule has 0 radical (unpaired) electrons. The van der Waals surface area contributed by atoms with Crippen LogP contribution in [0.1, 0.15) is 17.2 Å². The third-order valence-corrected chi connectivity index (χ3v) is 4.83. The second-order valence-electron chi connectivity index (χ2n) is 6.46. The van der Waals surface area contributed by atoms with E-state index in [1.807, 2.05) is 30.3 Å². The van der Waals surface area contributed by atoms with Crippen LogP contribution in [0.3, 0.4) is 0 Å². The largest absolute Gasteiger partial charge is 0.503 e. The van der Waals surface area contributed by atoms with E-state index in [-0.39, 0.29) is 11.6 Å². The van der Waals surface area contributed by atoms with Gasteiger partial charge < -0.3 is 9.84 Å². The molecular formula is C23H18FNO3. The molecule has 0 fully saturated rings. The highest BCUT2D eigenvalue weighted by Gasteiger charge is 2.41. The highest BCUT2D eigenvalue weighted by atomic mass is 19.1. The van der Waals surface area contributed by atoms with E-state index in [2.05, 4.69) is 0 Å². The number of hydrogen-bond acceptors (Lipinski definition) is 3. The van der Waals surface area contributed by atoms with Crippen molar-refractivity contribution in [1.29, 1.82) is 0 Å². The van der Waals surface area contributed by atoms with Crippen molar-refractivity contribution in [3.05, 3.63) is 102 Å². The Labute approximate surface area is 162 Å². The van der Waals surface area contributed by atoms with Gasteiger partial charge in [-0.3, -0.25) is 9.69 Å². The molecule has 1 heterocycles. The Balaban J connectivity index is 1.87. The Morgan fingerprint density at radius 1 is 0.929 bits per heavy atom. The summed E-state index contributed by atoms with van der Waals surface area (Å²) in [5.41, 5.74) is 2.54. The van der Waals surface area contributed by atoms with Crippen LogP contribution >= 0.6 is 0 Å². The van der Waals surface area contributed by atoms with Gasteiger partial charge in [0.05, 0.1) is 13.2 Å². The van der Waals surface area contributed by atoms with Crippen LogP contribution in [-0.2, 0) is 4.79 Å². The van der Waals surface area contributed by atoms with Crippen molar-refractivity contribution in [2.75, 3.05) is 12.0 Å². The molecule has 0 bridgehead atoms. The maximum atomic E-state index is 13.5. The first-order valence-corrected chi connectivity index (χ1v) is 8.82. The maximum Gasteiger partial charge on any atom is 0.294 e. The summed E-state index contributed by atoms with van der Waals surface area (Å²) in [5, 5.41) is 10.7. The lowest BCUT2D eigenvalue weighted by molar-refractivity contribution is -0.117. The molecule has 140 valence electrons. The number of amides is 1. The van der Waals surface area contributed by atoms with E-state index in [1.54, 1.807) is 43.5 Å². The maximum absolute atomic E-state index is 13.5. The summed E-state index contributed by atoms with van der Waals surface area (Å²) in [7, 11) is 1.57. The fourth-order valence-electron chi connectivity index (χ4n) is 3.49. The summed E-state index contributed by atoms with van der Waals surface area (Å²) in [6.45, 7) is 0. The number of benzene rings is 3. The van der Waals surface area contributed by atoms with Crippen LogP contribution in [-0.4, -0.2) is 18.1 Å². The molecule has 0 spiro atoms. The molecule has 0 saturated carbocycles.